The van der Waals surface area contributed by atoms with Gasteiger partial charge in [0.05, 0.1) is 4.90 Å². The monoisotopic (exact) mass is 434 g/mol. The van der Waals surface area contributed by atoms with Crippen LogP contribution in [-0.2, 0) is 16.6 Å². The third-order valence-corrected chi connectivity index (χ3v) is 5.64. The van der Waals surface area contributed by atoms with Gasteiger partial charge in [-0.25, -0.2) is 21.6 Å². The number of anilines is 1. The maximum Gasteiger partial charge on any atom is 0.261 e. The molecule has 0 atom stereocenters. The van der Waals surface area contributed by atoms with E-state index in [0.717, 1.165) is 17.7 Å². The zero-order chi connectivity index (χ0) is 21.9. The predicted molar refractivity (Wildman–Crippen MR) is 106 cm³/mol. The number of sulfonamides is 1. The molecule has 0 bridgehead atoms. The predicted octanol–water partition coefficient (Wildman–Crippen LogP) is 4.18. The van der Waals surface area contributed by atoms with Crippen LogP contribution in [0.3, 0.4) is 0 Å². The van der Waals surface area contributed by atoms with Gasteiger partial charge in [-0.05, 0) is 60.2 Å². The molecule has 0 aliphatic heterocycles. The highest BCUT2D eigenvalue weighted by molar-refractivity contribution is 7.92. The summed E-state index contributed by atoms with van der Waals surface area (Å²) in [5, 5.41) is 0. The quantitative estimate of drug-likeness (QED) is 0.633. The largest absolute Gasteiger partial charge is 0.337 e. The normalized spacial score (nSPS) is 11.2. The zero-order valence-electron chi connectivity index (χ0n) is 15.8. The second-order valence-corrected chi connectivity index (χ2v) is 8.23. The van der Waals surface area contributed by atoms with Crippen molar-refractivity contribution in [3.05, 3.63) is 95.3 Å². The summed E-state index contributed by atoms with van der Waals surface area (Å²) in [5.41, 5.74) is 1.22. The number of hydrogen-bond donors (Lipinski definition) is 1. The molecule has 0 saturated carbocycles. The first kappa shape index (κ1) is 21.4. The molecule has 0 saturated heterocycles. The van der Waals surface area contributed by atoms with Crippen molar-refractivity contribution in [2.45, 2.75) is 11.4 Å². The number of nitrogens with one attached hydrogen (secondary N) is 1. The summed E-state index contributed by atoms with van der Waals surface area (Å²) in [6.45, 7) is 0.267. The van der Waals surface area contributed by atoms with Gasteiger partial charge in [-0.3, -0.25) is 9.52 Å². The smallest absolute Gasteiger partial charge is 0.261 e. The van der Waals surface area contributed by atoms with Crippen molar-refractivity contribution in [1.82, 2.24) is 4.90 Å². The average Bonchev–Trinajstić information content (AvgIpc) is 2.71. The molecule has 0 radical (unpaired) electrons. The maximum absolute atomic E-state index is 13.3. The lowest BCUT2D eigenvalue weighted by Gasteiger charge is -2.17. The van der Waals surface area contributed by atoms with E-state index in [1.807, 2.05) is 0 Å². The van der Waals surface area contributed by atoms with E-state index in [-0.39, 0.29) is 24.0 Å². The van der Waals surface area contributed by atoms with Gasteiger partial charge in [0.2, 0.25) is 0 Å². The van der Waals surface area contributed by atoms with Crippen molar-refractivity contribution in [2.75, 3.05) is 11.8 Å². The molecule has 0 aliphatic rings. The fourth-order valence-electron chi connectivity index (χ4n) is 2.69. The molecule has 0 aromatic heterocycles. The van der Waals surface area contributed by atoms with E-state index in [2.05, 4.69) is 4.72 Å². The van der Waals surface area contributed by atoms with Gasteiger partial charge in [-0.1, -0.05) is 12.1 Å². The molecule has 3 aromatic carbocycles. The van der Waals surface area contributed by atoms with E-state index in [9.17, 15) is 26.4 Å². The third kappa shape index (κ3) is 4.98. The fraction of sp³-hybridized carbons (Fsp3) is 0.0952. The molecule has 156 valence electrons. The Kier molecular flexibility index (Phi) is 6.12. The number of amides is 1. The Morgan fingerprint density at radius 2 is 1.53 bits per heavy atom. The van der Waals surface area contributed by atoms with Gasteiger partial charge in [-0.15, -0.1) is 0 Å². The molecule has 0 fully saturated rings. The Morgan fingerprint density at radius 3 is 2.13 bits per heavy atom. The van der Waals surface area contributed by atoms with E-state index in [1.54, 1.807) is 19.2 Å². The standard InChI is InChI=1S/C21H17F3N2O3S/c1-26(13-14-2-6-16(22)7-3-14)21(27)15-4-8-17(9-5-15)25-30(28,29)18-10-11-19(23)20(24)12-18/h2-12,25H,13H2,1H3. The molecule has 0 aliphatic carbocycles. The van der Waals surface area contributed by atoms with Gasteiger partial charge in [-0.2, -0.15) is 0 Å². The van der Waals surface area contributed by atoms with Crippen LogP contribution in [0, 0.1) is 17.5 Å². The van der Waals surface area contributed by atoms with Crippen molar-refractivity contribution in [3.8, 4) is 0 Å². The number of halogens is 3. The minimum atomic E-state index is -4.13. The summed E-state index contributed by atoms with van der Waals surface area (Å²) < 4.78 is 66.2. The van der Waals surface area contributed by atoms with Crippen LogP contribution >= 0.6 is 0 Å². The topological polar surface area (TPSA) is 66.5 Å². The lowest BCUT2D eigenvalue weighted by atomic mass is 10.1. The lowest BCUT2D eigenvalue weighted by Crippen LogP contribution is -2.26. The SMILES string of the molecule is CN(Cc1ccc(F)cc1)C(=O)c1ccc(NS(=O)(=O)c2ccc(F)c(F)c2)cc1. The van der Waals surface area contributed by atoms with E-state index in [0.29, 0.717) is 11.6 Å². The van der Waals surface area contributed by atoms with Gasteiger partial charge in [0.15, 0.2) is 11.6 Å². The van der Waals surface area contributed by atoms with Crippen molar-refractivity contribution in [1.29, 1.82) is 0 Å². The van der Waals surface area contributed by atoms with Crippen molar-refractivity contribution in [3.63, 3.8) is 0 Å². The summed E-state index contributed by atoms with van der Waals surface area (Å²) in [6.07, 6.45) is 0. The highest BCUT2D eigenvalue weighted by Gasteiger charge is 2.17. The second-order valence-electron chi connectivity index (χ2n) is 6.55. The average molecular weight is 434 g/mol. The van der Waals surface area contributed by atoms with Gasteiger partial charge < -0.3 is 4.90 Å². The number of rotatable bonds is 6. The number of carbonyl (C=O) groups excluding carboxylic acids is 1. The molecule has 5 nitrogen and oxygen atoms in total. The molecule has 1 amide bonds. The first-order valence-corrected chi connectivity index (χ1v) is 10.2. The molecule has 9 heteroatoms. The summed E-state index contributed by atoms with van der Waals surface area (Å²) in [4.78, 5) is 13.5. The van der Waals surface area contributed by atoms with Crippen LogP contribution in [0.25, 0.3) is 0 Å². The van der Waals surface area contributed by atoms with Crippen molar-refractivity contribution < 1.29 is 26.4 Å². The molecule has 30 heavy (non-hydrogen) atoms. The van der Waals surface area contributed by atoms with Crippen LogP contribution < -0.4 is 4.72 Å². The van der Waals surface area contributed by atoms with Crippen LogP contribution in [0.5, 0.6) is 0 Å². The Labute approximate surface area is 171 Å². The van der Waals surface area contributed by atoms with Crippen molar-refractivity contribution >= 4 is 21.6 Å². The van der Waals surface area contributed by atoms with E-state index in [1.165, 1.54) is 41.3 Å². The van der Waals surface area contributed by atoms with Gasteiger partial charge >= 0.3 is 0 Å². The first-order chi connectivity index (χ1) is 14.2. The minimum Gasteiger partial charge on any atom is -0.337 e. The fourth-order valence-corrected chi connectivity index (χ4v) is 3.76. The minimum absolute atomic E-state index is 0.150. The van der Waals surface area contributed by atoms with Crippen LogP contribution in [0.2, 0.25) is 0 Å². The Balaban J connectivity index is 1.69. The van der Waals surface area contributed by atoms with Gasteiger partial charge in [0.25, 0.3) is 15.9 Å². The van der Waals surface area contributed by atoms with Crippen molar-refractivity contribution in [2.24, 2.45) is 0 Å². The van der Waals surface area contributed by atoms with Crippen LogP contribution in [0.15, 0.2) is 71.6 Å². The lowest BCUT2D eigenvalue weighted by molar-refractivity contribution is 0.0785. The number of nitrogens with zero attached hydrogens (tertiary/aromatic N) is 1. The Morgan fingerprint density at radius 1 is 0.900 bits per heavy atom. The number of hydrogen-bond acceptors (Lipinski definition) is 3. The highest BCUT2D eigenvalue weighted by Crippen LogP contribution is 2.19. The summed E-state index contributed by atoms with van der Waals surface area (Å²) in [5.74, 6) is -3.10. The van der Waals surface area contributed by atoms with Gasteiger partial charge in [0.1, 0.15) is 5.82 Å². The number of benzene rings is 3. The highest BCUT2D eigenvalue weighted by atomic mass is 32.2. The Hall–Kier alpha value is -3.33. The van der Waals surface area contributed by atoms with Crippen LogP contribution in [-0.4, -0.2) is 26.3 Å². The second kappa shape index (κ2) is 8.58. The van der Waals surface area contributed by atoms with Crippen LogP contribution in [0.1, 0.15) is 15.9 Å². The molecule has 3 aromatic rings. The van der Waals surface area contributed by atoms with Crippen LogP contribution in [0.4, 0.5) is 18.9 Å². The third-order valence-electron chi connectivity index (χ3n) is 4.27. The molecular weight excluding hydrogens is 417 g/mol. The van der Waals surface area contributed by atoms with E-state index >= 15 is 0 Å². The number of carbonyl (C=O) groups is 1. The molecule has 0 spiro atoms. The summed E-state index contributed by atoms with van der Waals surface area (Å²) >= 11 is 0. The summed E-state index contributed by atoms with van der Waals surface area (Å²) in [6, 6.07) is 13.7. The molecule has 0 unspecified atom stereocenters. The Bertz CT molecular complexity index is 1170. The van der Waals surface area contributed by atoms with Gasteiger partial charge in [0, 0.05) is 24.8 Å². The molecule has 0 heterocycles. The van der Waals surface area contributed by atoms with E-state index in [4.69, 9.17) is 0 Å². The van der Waals surface area contributed by atoms with E-state index < -0.39 is 26.6 Å². The summed E-state index contributed by atoms with van der Waals surface area (Å²) in [7, 11) is -2.54. The molecule has 3 rings (SSSR count). The first-order valence-electron chi connectivity index (χ1n) is 8.73. The molecular formula is C21H17F3N2O3S. The molecule has 1 N–H and O–H groups in total. The maximum atomic E-state index is 13.3. The zero-order valence-corrected chi connectivity index (χ0v) is 16.6.